The fraction of sp³-hybridized carbons (Fsp3) is 0.364. The van der Waals surface area contributed by atoms with E-state index in [-0.39, 0.29) is 36.2 Å². The van der Waals surface area contributed by atoms with Crippen LogP contribution < -0.4 is 20.4 Å². The maximum absolute atomic E-state index is 14.7. The molecule has 0 spiro atoms. The molecule has 7 heteroatoms. The molecule has 1 atom stereocenters. The summed E-state index contributed by atoms with van der Waals surface area (Å²) in [6.45, 7) is 6.72. The lowest BCUT2D eigenvalue weighted by Gasteiger charge is -2.45. The van der Waals surface area contributed by atoms with Gasteiger partial charge >= 0.3 is 0 Å². The van der Waals surface area contributed by atoms with E-state index < -0.39 is 0 Å². The molecule has 5 rings (SSSR count). The molecule has 1 amide bonds. The summed E-state index contributed by atoms with van der Waals surface area (Å²) in [7, 11) is 0. The normalized spacial score (nSPS) is 20.4. The maximum Gasteiger partial charge on any atom is 0.260 e. The summed E-state index contributed by atoms with van der Waals surface area (Å²) in [5.41, 5.74) is 5.85. The van der Waals surface area contributed by atoms with Gasteiger partial charge < -0.3 is 15.0 Å². The molecule has 2 aromatic rings. The number of nitrogens with one attached hydrogen (secondary N) is 2. The van der Waals surface area contributed by atoms with Crippen LogP contribution in [0.1, 0.15) is 25.3 Å². The second-order valence-electron chi connectivity index (χ2n) is 8.30. The monoisotopic (exact) mass is 394 g/mol. The highest BCUT2D eigenvalue weighted by Crippen LogP contribution is 2.47. The number of benzene rings is 2. The van der Waals surface area contributed by atoms with E-state index >= 15 is 0 Å². The number of carbonyl (C=O) groups excluding carboxylic acids is 1. The van der Waals surface area contributed by atoms with Crippen molar-refractivity contribution in [3.05, 3.63) is 47.8 Å². The highest BCUT2D eigenvalue weighted by Gasteiger charge is 2.40. The van der Waals surface area contributed by atoms with Crippen molar-refractivity contribution < 1.29 is 13.9 Å². The number of amides is 1. The summed E-state index contributed by atoms with van der Waals surface area (Å²) >= 11 is 0. The minimum Gasteiger partial charge on any atom is -0.483 e. The first-order valence-corrected chi connectivity index (χ1v) is 9.85. The van der Waals surface area contributed by atoms with Gasteiger partial charge in [-0.15, -0.1) is 0 Å². The number of nitrogens with zero attached hydrogens (tertiary/aromatic N) is 2. The van der Waals surface area contributed by atoms with Crippen molar-refractivity contribution in [2.45, 2.75) is 19.8 Å². The molecule has 0 bridgehead atoms. The Kier molecular flexibility index (Phi) is 4.10. The van der Waals surface area contributed by atoms with E-state index in [9.17, 15) is 9.18 Å². The molecule has 0 radical (unpaired) electrons. The largest absolute Gasteiger partial charge is 0.483 e. The Morgan fingerprint density at radius 1 is 1.24 bits per heavy atom. The van der Waals surface area contributed by atoms with E-state index in [1.54, 1.807) is 12.1 Å². The summed E-state index contributed by atoms with van der Waals surface area (Å²) < 4.78 is 20.7. The van der Waals surface area contributed by atoms with Crippen LogP contribution >= 0.6 is 0 Å². The number of hydrogen-bond donors (Lipinski definition) is 2. The highest BCUT2D eigenvalue weighted by atomic mass is 19.1. The zero-order valence-corrected chi connectivity index (χ0v) is 16.5. The van der Waals surface area contributed by atoms with Gasteiger partial charge in [-0.25, -0.2) is 9.82 Å². The Morgan fingerprint density at radius 2 is 2.03 bits per heavy atom. The number of amidine groups is 1. The van der Waals surface area contributed by atoms with Gasteiger partial charge in [0.2, 0.25) is 0 Å². The minimum absolute atomic E-state index is 0.0833. The molecule has 3 heterocycles. The average molecular weight is 394 g/mol. The molecule has 3 aliphatic heterocycles. The van der Waals surface area contributed by atoms with E-state index in [1.165, 1.54) is 6.07 Å². The molecule has 0 aliphatic carbocycles. The second-order valence-corrected chi connectivity index (χ2v) is 8.30. The third-order valence-electron chi connectivity index (χ3n) is 6.44. The lowest BCUT2D eigenvalue weighted by Crippen LogP contribution is -2.54. The Balaban J connectivity index is 1.69. The van der Waals surface area contributed by atoms with Crippen LogP contribution in [0.4, 0.5) is 10.1 Å². The number of ether oxygens (including phenoxy) is 1. The topological polar surface area (TPSA) is 66.0 Å². The Hall–Kier alpha value is -2.93. The first-order chi connectivity index (χ1) is 14.0. The molecule has 0 aromatic heterocycles. The second kappa shape index (κ2) is 6.56. The molecule has 2 N–H and O–H groups in total. The molecule has 2 aromatic carbocycles. The van der Waals surface area contributed by atoms with Gasteiger partial charge in [-0.1, -0.05) is 32.0 Å². The lowest BCUT2D eigenvalue weighted by atomic mass is 9.69. The molecule has 0 unspecified atom stereocenters. The number of rotatable bonds is 3. The van der Waals surface area contributed by atoms with E-state index in [0.29, 0.717) is 17.1 Å². The number of anilines is 1. The molecule has 0 saturated carbocycles. The standard InChI is InChI=1S/C22H23FN4O2/c1-13(22(2)11-24-12-22)15-7-18-19(8-16(15)14-5-3-4-6-17(14)23)29-10-20-25-26-21(28)9-27(18)20/h3-8,13,24H,9-12H2,1-2H3,(H,26,28)/t13-/m1/s1. The van der Waals surface area contributed by atoms with Crippen LogP contribution in [0.25, 0.3) is 11.1 Å². The maximum atomic E-state index is 14.7. The summed E-state index contributed by atoms with van der Waals surface area (Å²) in [5, 5.41) is 7.48. The van der Waals surface area contributed by atoms with Gasteiger partial charge in [-0.3, -0.25) is 4.79 Å². The van der Waals surface area contributed by atoms with Crippen LogP contribution in [-0.2, 0) is 4.79 Å². The van der Waals surface area contributed by atoms with Crippen molar-refractivity contribution in [1.82, 2.24) is 10.7 Å². The number of fused-ring (bicyclic) bond motifs is 3. The van der Waals surface area contributed by atoms with Gasteiger partial charge in [0.1, 0.15) is 24.7 Å². The fourth-order valence-corrected chi connectivity index (χ4v) is 4.32. The first-order valence-electron chi connectivity index (χ1n) is 9.85. The Morgan fingerprint density at radius 3 is 2.76 bits per heavy atom. The van der Waals surface area contributed by atoms with Gasteiger partial charge in [0.05, 0.1) is 5.69 Å². The van der Waals surface area contributed by atoms with Crippen molar-refractivity contribution in [3.8, 4) is 16.9 Å². The highest BCUT2D eigenvalue weighted by molar-refractivity contribution is 6.08. The average Bonchev–Trinajstić information content (AvgIpc) is 2.71. The van der Waals surface area contributed by atoms with Crippen molar-refractivity contribution in [2.24, 2.45) is 10.5 Å². The van der Waals surface area contributed by atoms with E-state index in [4.69, 9.17) is 4.74 Å². The van der Waals surface area contributed by atoms with E-state index in [1.807, 2.05) is 17.0 Å². The number of carbonyl (C=O) groups is 1. The van der Waals surface area contributed by atoms with Crippen molar-refractivity contribution in [2.75, 3.05) is 31.1 Å². The summed E-state index contributed by atoms with van der Waals surface area (Å²) in [6, 6.07) is 10.8. The van der Waals surface area contributed by atoms with Crippen molar-refractivity contribution >= 4 is 17.4 Å². The van der Waals surface area contributed by atoms with Crippen LogP contribution in [0.3, 0.4) is 0 Å². The lowest BCUT2D eigenvalue weighted by molar-refractivity contribution is -0.119. The van der Waals surface area contributed by atoms with Crippen molar-refractivity contribution in [3.63, 3.8) is 0 Å². The zero-order valence-electron chi connectivity index (χ0n) is 16.5. The van der Waals surface area contributed by atoms with Crippen LogP contribution in [0.15, 0.2) is 41.5 Å². The fourth-order valence-electron chi connectivity index (χ4n) is 4.32. The van der Waals surface area contributed by atoms with Crippen LogP contribution in [-0.4, -0.2) is 38.0 Å². The molecule has 150 valence electrons. The van der Waals surface area contributed by atoms with Gasteiger partial charge in [0, 0.05) is 18.7 Å². The predicted octanol–water partition coefficient (Wildman–Crippen LogP) is 2.85. The third-order valence-corrected chi connectivity index (χ3v) is 6.44. The first kappa shape index (κ1) is 18.1. The van der Waals surface area contributed by atoms with Gasteiger partial charge in [-0.05, 0) is 40.7 Å². The molecule has 29 heavy (non-hydrogen) atoms. The third kappa shape index (κ3) is 2.88. The summed E-state index contributed by atoms with van der Waals surface area (Å²) in [4.78, 5) is 13.8. The Labute approximate surface area is 168 Å². The smallest absolute Gasteiger partial charge is 0.260 e. The van der Waals surface area contributed by atoms with Crippen molar-refractivity contribution in [1.29, 1.82) is 0 Å². The predicted molar refractivity (Wildman–Crippen MR) is 110 cm³/mol. The molecule has 1 fully saturated rings. The zero-order chi connectivity index (χ0) is 20.2. The van der Waals surface area contributed by atoms with Crippen LogP contribution in [0, 0.1) is 11.2 Å². The molecule has 6 nitrogen and oxygen atoms in total. The van der Waals surface area contributed by atoms with E-state index in [0.717, 1.165) is 29.9 Å². The van der Waals surface area contributed by atoms with Crippen LogP contribution in [0.2, 0.25) is 0 Å². The number of hydrogen-bond acceptors (Lipinski definition) is 5. The summed E-state index contributed by atoms with van der Waals surface area (Å²) in [5.74, 6) is 1.08. The van der Waals surface area contributed by atoms with Gasteiger partial charge in [-0.2, -0.15) is 5.10 Å². The quantitative estimate of drug-likeness (QED) is 0.840. The number of halogens is 1. The SMILES string of the molecule is C[C@H](c1cc2c(cc1-c1ccccc1F)OCC1=NNC(=O)CN12)C1(C)CNC1. The van der Waals surface area contributed by atoms with Gasteiger partial charge in [0.25, 0.3) is 5.91 Å². The molecular formula is C22H23FN4O2. The molecule has 1 saturated heterocycles. The number of hydrazone groups is 1. The Bertz CT molecular complexity index is 1030. The van der Waals surface area contributed by atoms with Crippen LogP contribution in [0.5, 0.6) is 5.75 Å². The molecule has 3 aliphatic rings. The molecular weight excluding hydrogens is 371 g/mol. The minimum atomic E-state index is -0.256. The van der Waals surface area contributed by atoms with E-state index in [2.05, 4.69) is 35.8 Å². The van der Waals surface area contributed by atoms with Gasteiger partial charge in [0.15, 0.2) is 5.84 Å². The summed E-state index contributed by atoms with van der Waals surface area (Å²) in [6.07, 6.45) is 0.